The molecule has 1 aliphatic rings. The van der Waals surface area contributed by atoms with Crippen LogP contribution in [0.3, 0.4) is 0 Å². The summed E-state index contributed by atoms with van der Waals surface area (Å²) in [5.41, 5.74) is 11.3. The molecule has 5 rings (SSSR count). The van der Waals surface area contributed by atoms with E-state index in [2.05, 4.69) is 68.1 Å². The molecular formula is C21H18NO+. The van der Waals surface area contributed by atoms with E-state index >= 15 is 0 Å². The number of hydrogen-bond donors (Lipinski definition) is 0. The molecule has 2 nitrogen and oxygen atoms in total. The van der Waals surface area contributed by atoms with Gasteiger partial charge in [0, 0.05) is 5.56 Å². The predicted octanol–water partition coefficient (Wildman–Crippen LogP) is 4.60. The van der Waals surface area contributed by atoms with Crippen LogP contribution in [0, 0.1) is 13.8 Å². The average molecular weight is 300 g/mol. The van der Waals surface area contributed by atoms with Gasteiger partial charge in [0.25, 0.3) is 5.52 Å². The van der Waals surface area contributed by atoms with E-state index in [0.29, 0.717) is 0 Å². The quantitative estimate of drug-likeness (QED) is 0.382. The maximum absolute atomic E-state index is 6.21. The third-order valence-corrected chi connectivity index (χ3v) is 5.15. The lowest BCUT2D eigenvalue weighted by Gasteiger charge is -2.05. The van der Waals surface area contributed by atoms with Gasteiger partial charge in [-0.15, -0.1) is 0 Å². The number of aryl methyl sites for hydroxylation is 3. The molecular weight excluding hydrogens is 282 g/mol. The molecule has 0 saturated carbocycles. The van der Waals surface area contributed by atoms with E-state index in [1.807, 2.05) is 0 Å². The summed E-state index contributed by atoms with van der Waals surface area (Å²) >= 11 is 0. The standard InChI is InChI=1S/C21H18NO/c1-12-8-19-21(22(3)11-12)20-13(2)16-9-14-6-4-5-7-15(14)17(16)10-18(20)23-19/h4-8,10-11H,9H2,1-3H3/q+1. The van der Waals surface area contributed by atoms with Crippen molar-refractivity contribution >= 4 is 22.1 Å². The summed E-state index contributed by atoms with van der Waals surface area (Å²) in [5, 5.41) is 1.26. The maximum atomic E-state index is 6.21. The molecule has 0 amide bonds. The minimum absolute atomic E-state index is 0.975. The first-order chi connectivity index (χ1) is 11.1. The Labute approximate surface area is 135 Å². The molecule has 0 unspecified atom stereocenters. The zero-order chi connectivity index (χ0) is 15.7. The molecule has 112 valence electrons. The van der Waals surface area contributed by atoms with Crippen LogP contribution in [0.4, 0.5) is 0 Å². The fourth-order valence-corrected chi connectivity index (χ4v) is 4.15. The summed E-state index contributed by atoms with van der Waals surface area (Å²) in [6.07, 6.45) is 3.19. The first-order valence-electron chi connectivity index (χ1n) is 8.07. The van der Waals surface area contributed by atoms with Gasteiger partial charge in [-0.2, -0.15) is 4.57 Å². The van der Waals surface area contributed by atoms with E-state index in [1.54, 1.807) is 0 Å². The van der Waals surface area contributed by atoms with Gasteiger partial charge in [0.1, 0.15) is 12.6 Å². The highest BCUT2D eigenvalue weighted by Gasteiger charge is 2.26. The van der Waals surface area contributed by atoms with Crippen LogP contribution in [-0.4, -0.2) is 0 Å². The van der Waals surface area contributed by atoms with Crippen molar-refractivity contribution < 1.29 is 8.98 Å². The van der Waals surface area contributed by atoms with E-state index in [1.165, 1.54) is 44.3 Å². The number of nitrogens with zero attached hydrogens (tertiary/aromatic N) is 1. The second-order valence-electron chi connectivity index (χ2n) is 6.68. The van der Waals surface area contributed by atoms with E-state index in [0.717, 1.165) is 17.6 Å². The molecule has 0 saturated heterocycles. The Morgan fingerprint density at radius 1 is 1.00 bits per heavy atom. The lowest BCUT2D eigenvalue weighted by atomic mass is 9.98. The molecule has 0 N–H and O–H groups in total. The number of pyridine rings is 1. The molecule has 0 bridgehead atoms. The molecule has 1 aliphatic carbocycles. The Kier molecular flexibility index (Phi) is 2.37. The van der Waals surface area contributed by atoms with E-state index in [9.17, 15) is 0 Å². The normalized spacial score (nSPS) is 12.8. The number of benzene rings is 2. The van der Waals surface area contributed by atoms with Crippen LogP contribution in [-0.2, 0) is 13.5 Å². The zero-order valence-electron chi connectivity index (χ0n) is 13.6. The Balaban J connectivity index is 1.95. The molecule has 0 atom stereocenters. The van der Waals surface area contributed by atoms with Gasteiger partial charge in [0.05, 0.1) is 5.39 Å². The van der Waals surface area contributed by atoms with Gasteiger partial charge in [0.2, 0.25) is 0 Å². The van der Waals surface area contributed by atoms with Gasteiger partial charge in [-0.25, -0.2) is 0 Å². The first-order valence-corrected chi connectivity index (χ1v) is 8.07. The largest absolute Gasteiger partial charge is 0.449 e. The van der Waals surface area contributed by atoms with Crippen LogP contribution < -0.4 is 4.57 Å². The van der Waals surface area contributed by atoms with Gasteiger partial charge < -0.3 is 4.42 Å². The lowest BCUT2D eigenvalue weighted by molar-refractivity contribution is -0.644. The van der Waals surface area contributed by atoms with Crippen LogP contribution in [0.1, 0.15) is 22.3 Å². The zero-order valence-corrected chi connectivity index (χ0v) is 13.6. The molecule has 2 heteroatoms. The summed E-state index contributed by atoms with van der Waals surface area (Å²) in [5.74, 6) is 0. The Bertz CT molecular complexity index is 1120. The van der Waals surface area contributed by atoms with Gasteiger partial charge in [-0.05, 0) is 60.2 Å². The molecule has 2 heterocycles. The number of rotatable bonds is 0. The monoisotopic (exact) mass is 300 g/mol. The molecule has 2 aromatic heterocycles. The summed E-state index contributed by atoms with van der Waals surface area (Å²) < 4.78 is 8.41. The number of furan rings is 1. The molecule has 23 heavy (non-hydrogen) atoms. The van der Waals surface area contributed by atoms with Crippen molar-refractivity contribution in [3.8, 4) is 11.1 Å². The molecule has 2 aromatic carbocycles. The highest BCUT2D eigenvalue weighted by molar-refractivity contribution is 6.05. The van der Waals surface area contributed by atoms with E-state index in [4.69, 9.17) is 4.42 Å². The molecule has 0 aliphatic heterocycles. The number of hydrogen-bond acceptors (Lipinski definition) is 1. The minimum atomic E-state index is 0.975. The molecule has 0 spiro atoms. The van der Waals surface area contributed by atoms with Crippen LogP contribution in [0.5, 0.6) is 0 Å². The van der Waals surface area contributed by atoms with Crippen molar-refractivity contribution in [3.63, 3.8) is 0 Å². The van der Waals surface area contributed by atoms with Crippen LogP contribution in [0.25, 0.3) is 33.2 Å². The Morgan fingerprint density at radius 2 is 1.83 bits per heavy atom. The van der Waals surface area contributed by atoms with Crippen molar-refractivity contribution in [2.24, 2.45) is 7.05 Å². The Morgan fingerprint density at radius 3 is 2.70 bits per heavy atom. The smallest absolute Gasteiger partial charge is 0.259 e. The lowest BCUT2D eigenvalue weighted by Crippen LogP contribution is -2.28. The van der Waals surface area contributed by atoms with Crippen LogP contribution in [0.2, 0.25) is 0 Å². The summed E-state index contributed by atoms with van der Waals surface area (Å²) in [6, 6.07) is 13.1. The van der Waals surface area contributed by atoms with Crippen LogP contribution in [0.15, 0.2) is 47.0 Å². The third-order valence-electron chi connectivity index (χ3n) is 5.15. The summed E-state index contributed by atoms with van der Waals surface area (Å²) in [7, 11) is 2.10. The average Bonchev–Trinajstić information content (AvgIpc) is 3.06. The van der Waals surface area contributed by atoms with Crippen molar-refractivity contribution in [1.82, 2.24) is 0 Å². The number of aromatic nitrogens is 1. The summed E-state index contributed by atoms with van der Waals surface area (Å²) in [6.45, 7) is 4.34. The van der Waals surface area contributed by atoms with E-state index < -0.39 is 0 Å². The fraction of sp³-hybridized carbons (Fsp3) is 0.190. The Hall–Kier alpha value is -2.61. The van der Waals surface area contributed by atoms with Gasteiger partial charge in [-0.3, -0.25) is 0 Å². The van der Waals surface area contributed by atoms with E-state index in [-0.39, 0.29) is 0 Å². The minimum Gasteiger partial charge on any atom is -0.449 e. The highest BCUT2D eigenvalue weighted by atomic mass is 16.3. The second-order valence-corrected chi connectivity index (χ2v) is 6.68. The van der Waals surface area contributed by atoms with Crippen molar-refractivity contribution in [3.05, 3.63) is 64.8 Å². The van der Waals surface area contributed by atoms with Crippen molar-refractivity contribution in [2.75, 3.05) is 0 Å². The highest BCUT2D eigenvalue weighted by Crippen LogP contribution is 2.43. The van der Waals surface area contributed by atoms with Crippen LogP contribution >= 0.6 is 0 Å². The SMILES string of the molecule is Cc1cc2oc3cc4c(c(C)c3c2[n+](C)c1)Cc1ccccc1-4. The predicted molar refractivity (Wildman–Crippen MR) is 92.6 cm³/mol. The molecule has 0 fully saturated rings. The second kappa shape index (κ2) is 4.23. The third kappa shape index (κ3) is 1.61. The van der Waals surface area contributed by atoms with Gasteiger partial charge >= 0.3 is 0 Å². The topological polar surface area (TPSA) is 17.0 Å². The van der Waals surface area contributed by atoms with Crippen molar-refractivity contribution in [1.29, 1.82) is 0 Å². The molecule has 4 aromatic rings. The molecule has 0 radical (unpaired) electrons. The number of fused-ring (bicyclic) bond motifs is 6. The summed E-state index contributed by atoms with van der Waals surface area (Å²) in [4.78, 5) is 0. The maximum Gasteiger partial charge on any atom is 0.259 e. The first kappa shape index (κ1) is 12.9. The van der Waals surface area contributed by atoms with Gasteiger partial charge in [0.15, 0.2) is 11.8 Å². The van der Waals surface area contributed by atoms with Gasteiger partial charge in [-0.1, -0.05) is 24.3 Å². The fourth-order valence-electron chi connectivity index (χ4n) is 4.15. The van der Waals surface area contributed by atoms with Crippen molar-refractivity contribution in [2.45, 2.75) is 20.3 Å².